The van der Waals surface area contributed by atoms with Crippen LogP contribution in [0.2, 0.25) is 0 Å². The van der Waals surface area contributed by atoms with Crippen molar-refractivity contribution in [3.05, 3.63) is 108 Å². The molecule has 0 amide bonds. The maximum atomic E-state index is 6.00. The minimum absolute atomic E-state index is 0.896. The third kappa shape index (κ3) is 2.47. The van der Waals surface area contributed by atoms with E-state index in [1.807, 2.05) is 12.1 Å². The number of hydrogen-bond acceptors (Lipinski definition) is 1. The first-order valence-electron chi connectivity index (χ1n) is 11.1. The third-order valence-electron chi connectivity index (χ3n) is 6.81. The van der Waals surface area contributed by atoms with E-state index in [2.05, 4.69) is 96.5 Å². The number of para-hydroxylation sites is 1. The highest BCUT2D eigenvalue weighted by Gasteiger charge is 2.12. The molecule has 2 nitrogen and oxygen atoms in total. The maximum Gasteiger partial charge on any atom is 0.135 e. The van der Waals surface area contributed by atoms with Gasteiger partial charge in [-0.15, -0.1) is 0 Å². The molecule has 0 fully saturated rings. The topological polar surface area (TPSA) is 18.1 Å². The van der Waals surface area contributed by atoms with Crippen LogP contribution in [0.3, 0.4) is 0 Å². The van der Waals surface area contributed by atoms with Crippen LogP contribution < -0.4 is 0 Å². The van der Waals surface area contributed by atoms with Crippen LogP contribution >= 0.6 is 0 Å². The summed E-state index contributed by atoms with van der Waals surface area (Å²) in [5.41, 5.74) is 7.08. The molecule has 2 aromatic heterocycles. The van der Waals surface area contributed by atoms with Crippen LogP contribution in [0.25, 0.3) is 54.5 Å². The van der Waals surface area contributed by atoms with E-state index in [9.17, 15) is 0 Å². The summed E-state index contributed by atoms with van der Waals surface area (Å²) >= 11 is 0. The van der Waals surface area contributed by atoms with E-state index < -0.39 is 0 Å². The van der Waals surface area contributed by atoms with Gasteiger partial charge in [0.05, 0.1) is 0 Å². The summed E-state index contributed by atoms with van der Waals surface area (Å²) < 4.78 is 8.32. The molecule has 152 valence electrons. The number of nitrogens with zero attached hydrogens (tertiary/aromatic N) is 1. The largest absolute Gasteiger partial charge is 0.456 e. The van der Waals surface area contributed by atoms with E-state index >= 15 is 0 Å². The molecule has 0 spiro atoms. The Morgan fingerprint density at radius 1 is 0.594 bits per heavy atom. The van der Waals surface area contributed by atoms with E-state index in [4.69, 9.17) is 4.42 Å². The van der Waals surface area contributed by atoms with Gasteiger partial charge >= 0.3 is 0 Å². The summed E-state index contributed by atoms with van der Waals surface area (Å²) in [6.45, 7) is 0. The first-order chi connectivity index (χ1) is 15.8. The van der Waals surface area contributed by atoms with Gasteiger partial charge < -0.3 is 8.98 Å². The predicted octanol–water partition coefficient (Wildman–Crippen LogP) is 7.97. The summed E-state index contributed by atoms with van der Waals surface area (Å²) in [5, 5.41) is 7.64. The fourth-order valence-corrected chi connectivity index (χ4v) is 5.25. The molecule has 2 heteroatoms. The molecular weight excluding hydrogens is 390 g/mol. The fraction of sp³-hybridized carbons (Fsp3) is 0.0667. The van der Waals surface area contributed by atoms with Crippen LogP contribution in [0, 0.1) is 0 Å². The van der Waals surface area contributed by atoms with E-state index in [0.29, 0.717) is 0 Å². The highest BCUT2D eigenvalue weighted by Crippen LogP contribution is 2.35. The van der Waals surface area contributed by atoms with Crippen LogP contribution in [0.1, 0.15) is 11.1 Å². The Labute approximate surface area is 185 Å². The summed E-state index contributed by atoms with van der Waals surface area (Å²) in [6, 6.07) is 34.9. The van der Waals surface area contributed by atoms with Gasteiger partial charge in [-0.1, -0.05) is 66.7 Å². The van der Waals surface area contributed by atoms with Crippen molar-refractivity contribution in [3.8, 4) is 0 Å². The lowest BCUT2D eigenvalue weighted by Crippen LogP contribution is -1.91. The average Bonchev–Trinajstić information content (AvgIpc) is 3.34. The lowest BCUT2D eigenvalue weighted by atomic mass is 10.00. The minimum atomic E-state index is 0.896. The van der Waals surface area contributed by atoms with Crippen molar-refractivity contribution in [1.29, 1.82) is 0 Å². The van der Waals surface area contributed by atoms with E-state index in [1.165, 1.54) is 54.5 Å². The molecule has 7 rings (SSSR count). The molecule has 0 unspecified atom stereocenters. The van der Waals surface area contributed by atoms with Crippen LogP contribution in [-0.4, -0.2) is 4.57 Å². The predicted molar refractivity (Wildman–Crippen MR) is 134 cm³/mol. The van der Waals surface area contributed by atoms with Gasteiger partial charge in [0.15, 0.2) is 0 Å². The molecule has 0 aliphatic carbocycles. The molecule has 0 atom stereocenters. The Kier molecular flexibility index (Phi) is 3.57. The van der Waals surface area contributed by atoms with Gasteiger partial charge in [0.25, 0.3) is 0 Å². The van der Waals surface area contributed by atoms with E-state index in [-0.39, 0.29) is 0 Å². The monoisotopic (exact) mass is 411 g/mol. The lowest BCUT2D eigenvalue weighted by Gasteiger charge is -2.05. The lowest BCUT2D eigenvalue weighted by molar-refractivity contribution is 0.669. The van der Waals surface area contributed by atoms with Crippen molar-refractivity contribution in [2.75, 3.05) is 0 Å². The van der Waals surface area contributed by atoms with Crippen LogP contribution in [-0.2, 0) is 13.5 Å². The quantitative estimate of drug-likeness (QED) is 0.282. The second kappa shape index (κ2) is 6.48. The van der Waals surface area contributed by atoms with Crippen LogP contribution in [0.15, 0.2) is 101 Å². The molecule has 32 heavy (non-hydrogen) atoms. The molecule has 2 heterocycles. The highest BCUT2D eigenvalue weighted by molar-refractivity contribution is 6.20. The van der Waals surface area contributed by atoms with Gasteiger partial charge in [-0.05, 0) is 58.7 Å². The Hall–Kier alpha value is -4.04. The van der Waals surface area contributed by atoms with Gasteiger partial charge in [-0.2, -0.15) is 0 Å². The number of rotatable bonds is 2. The van der Waals surface area contributed by atoms with Gasteiger partial charge in [0.1, 0.15) is 11.2 Å². The molecule has 0 aliphatic heterocycles. The molecular formula is C30H21NO. The first kappa shape index (κ1) is 17.6. The Balaban J connectivity index is 1.37. The number of fused-ring (bicyclic) bond motifs is 8. The smallest absolute Gasteiger partial charge is 0.135 e. The number of aromatic nitrogens is 1. The average molecular weight is 412 g/mol. The zero-order chi connectivity index (χ0) is 21.2. The standard InChI is InChI=1S/C30H21NO/c1-31-26-14-12-21-6-2-3-7-22(21)30(26)24-13-10-20(18-27(24)31)16-19-11-15-29-25(17-19)23-8-4-5-9-28(23)32-29/h2-15,17-18H,16H2,1H3. The summed E-state index contributed by atoms with van der Waals surface area (Å²) in [6.07, 6.45) is 0.896. The Morgan fingerprint density at radius 3 is 2.28 bits per heavy atom. The van der Waals surface area contributed by atoms with Gasteiger partial charge in [-0.25, -0.2) is 0 Å². The molecule has 5 aromatic carbocycles. The molecule has 0 N–H and O–H groups in total. The van der Waals surface area contributed by atoms with Crippen LogP contribution in [0.5, 0.6) is 0 Å². The first-order valence-corrected chi connectivity index (χ1v) is 11.1. The maximum absolute atomic E-state index is 6.00. The van der Waals surface area contributed by atoms with Gasteiger partial charge in [0.2, 0.25) is 0 Å². The molecule has 0 aliphatic rings. The highest BCUT2D eigenvalue weighted by atomic mass is 16.3. The third-order valence-corrected chi connectivity index (χ3v) is 6.81. The Bertz CT molecular complexity index is 1820. The normalized spacial score (nSPS) is 12.0. The minimum Gasteiger partial charge on any atom is -0.456 e. The number of furan rings is 1. The number of aryl methyl sites for hydroxylation is 1. The second-order valence-electron chi connectivity index (χ2n) is 8.70. The molecule has 0 saturated heterocycles. The molecule has 0 saturated carbocycles. The zero-order valence-corrected chi connectivity index (χ0v) is 17.8. The van der Waals surface area contributed by atoms with E-state index in [1.54, 1.807) is 0 Å². The number of benzene rings is 5. The summed E-state index contributed by atoms with van der Waals surface area (Å²) in [5.74, 6) is 0. The molecule has 0 radical (unpaired) electrons. The van der Waals surface area contributed by atoms with Crippen molar-refractivity contribution in [3.63, 3.8) is 0 Å². The van der Waals surface area contributed by atoms with Gasteiger partial charge in [-0.3, -0.25) is 0 Å². The van der Waals surface area contributed by atoms with Crippen molar-refractivity contribution in [1.82, 2.24) is 4.57 Å². The molecule has 0 bridgehead atoms. The van der Waals surface area contributed by atoms with Crippen molar-refractivity contribution in [2.45, 2.75) is 6.42 Å². The number of hydrogen-bond donors (Lipinski definition) is 0. The van der Waals surface area contributed by atoms with Crippen molar-refractivity contribution < 1.29 is 4.42 Å². The Morgan fingerprint density at radius 2 is 1.34 bits per heavy atom. The van der Waals surface area contributed by atoms with E-state index in [0.717, 1.165) is 17.6 Å². The fourth-order valence-electron chi connectivity index (χ4n) is 5.25. The SMILES string of the molecule is Cn1c2cc(Cc3ccc4oc5ccccc5c4c3)ccc2c2c3ccccc3ccc21. The zero-order valence-electron chi connectivity index (χ0n) is 17.8. The summed E-state index contributed by atoms with van der Waals surface area (Å²) in [4.78, 5) is 0. The van der Waals surface area contributed by atoms with Gasteiger partial charge in [0, 0.05) is 39.6 Å². The molecule has 7 aromatic rings. The second-order valence-corrected chi connectivity index (χ2v) is 8.70. The van der Waals surface area contributed by atoms with Crippen molar-refractivity contribution in [2.24, 2.45) is 7.05 Å². The van der Waals surface area contributed by atoms with Crippen LogP contribution in [0.4, 0.5) is 0 Å². The summed E-state index contributed by atoms with van der Waals surface area (Å²) in [7, 11) is 2.17. The van der Waals surface area contributed by atoms with Crippen molar-refractivity contribution >= 4 is 54.5 Å².